The molecule has 0 N–H and O–H groups in total. The van der Waals surface area contributed by atoms with E-state index in [1.165, 1.54) is 12.1 Å². The van der Waals surface area contributed by atoms with E-state index < -0.39 is 11.7 Å². The molecule has 4 rings (SSSR count). The number of alkyl halides is 3. The monoisotopic (exact) mass is 397 g/mol. The molecule has 1 fully saturated rings. The zero-order valence-electron chi connectivity index (χ0n) is 15.9. The Morgan fingerprint density at radius 1 is 0.793 bits per heavy atom. The highest BCUT2D eigenvalue weighted by molar-refractivity contribution is 5.62. The van der Waals surface area contributed by atoms with Crippen LogP contribution in [0.3, 0.4) is 0 Å². The average molecular weight is 397 g/mol. The molecule has 1 aliphatic rings. The number of halogens is 3. The Bertz CT molecular complexity index is 949. The number of rotatable bonds is 4. The predicted molar refractivity (Wildman–Crippen MR) is 109 cm³/mol. The molecule has 0 atom stereocenters. The van der Waals surface area contributed by atoms with Gasteiger partial charge in [-0.1, -0.05) is 36.4 Å². The van der Waals surface area contributed by atoms with Crippen LogP contribution in [0.25, 0.3) is 11.1 Å². The first-order chi connectivity index (χ1) is 14.0. The average Bonchev–Trinajstić information content (AvgIpc) is 2.75. The minimum absolute atomic E-state index is 0.596. The maximum atomic E-state index is 13.0. The Balaban J connectivity index is 1.39. The molecule has 0 bridgehead atoms. The summed E-state index contributed by atoms with van der Waals surface area (Å²) in [6.45, 7) is 3.78. The first-order valence-corrected chi connectivity index (χ1v) is 9.63. The van der Waals surface area contributed by atoms with Crippen molar-refractivity contribution in [3.63, 3.8) is 0 Å². The first-order valence-electron chi connectivity index (χ1n) is 9.63. The van der Waals surface area contributed by atoms with E-state index in [9.17, 15) is 13.2 Å². The Morgan fingerprint density at radius 2 is 1.55 bits per heavy atom. The van der Waals surface area contributed by atoms with Crippen molar-refractivity contribution in [1.29, 1.82) is 0 Å². The van der Waals surface area contributed by atoms with Gasteiger partial charge in [-0.2, -0.15) is 13.2 Å². The molecule has 1 aromatic heterocycles. The molecule has 3 aromatic rings. The third-order valence-electron chi connectivity index (χ3n) is 5.22. The molecule has 0 spiro atoms. The van der Waals surface area contributed by atoms with Crippen LogP contribution < -0.4 is 4.90 Å². The highest BCUT2D eigenvalue weighted by Gasteiger charge is 2.31. The summed E-state index contributed by atoms with van der Waals surface area (Å²) < 4.78 is 38.9. The molecule has 1 aliphatic heterocycles. The van der Waals surface area contributed by atoms with E-state index in [4.69, 9.17) is 0 Å². The Labute approximate surface area is 168 Å². The number of aromatic nitrogens is 1. The smallest absolute Gasteiger partial charge is 0.369 e. The summed E-state index contributed by atoms with van der Waals surface area (Å²) in [6, 6.07) is 17.9. The van der Waals surface area contributed by atoms with Crippen LogP contribution in [-0.4, -0.2) is 36.1 Å². The lowest BCUT2D eigenvalue weighted by molar-refractivity contribution is -0.137. The van der Waals surface area contributed by atoms with E-state index >= 15 is 0 Å². The molecule has 29 heavy (non-hydrogen) atoms. The molecular weight excluding hydrogens is 375 g/mol. The molecule has 3 nitrogen and oxygen atoms in total. The molecular formula is C23H22F3N3. The van der Waals surface area contributed by atoms with Gasteiger partial charge in [-0.15, -0.1) is 0 Å². The standard InChI is InChI=1S/C23H22F3N3/c24-23(25,26)21-7-4-8-22(14-21)29-11-9-28(10-12-29)17-18-13-20(16-27-15-18)19-5-2-1-3-6-19/h1-8,13-16H,9-12,17H2. The lowest BCUT2D eigenvalue weighted by Gasteiger charge is -2.36. The molecule has 0 radical (unpaired) electrons. The van der Waals surface area contributed by atoms with E-state index in [-0.39, 0.29) is 0 Å². The van der Waals surface area contributed by atoms with Gasteiger partial charge in [0.2, 0.25) is 0 Å². The Morgan fingerprint density at radius 3 is 2.28 bits per heavy atom. The number of hydrogen-bond donors (Lipinski definition) is 0. The zero-order chi connectivity index (χ0) is 20.3. The third kappa shape index (κ3) is 4.77. The molecule has 6 heteroatoms. The summed E-state index contributed by atoms with van der Waals surface area (Å²) in [5.41, 5.74) is 3.40. The van der Waals surface area contributed by atoms with Gasteiger partial charge in [0, 0.05) is 56.4 Å². The molecule has 0 amide bonds. The fourth-order valence-corrected chi connectivity index (χ4v) is 3.66. The van der Waals surface area contributed by atoms with Crippen molar-refractivity contribution in [3.05, 3.63) is 84.2 Å². The minimum atomic E-state index is -4.31. The van der Waals surface area contributed by atoms with Gasteiger partial charge in [-0.25, -0.2) is 0 Å². The van der Waals surface area contributed by atoms with Crippen molar-refractivity contribution >= 4 is 5.69 Å². The number of pyridine rings is 1. The van der Waals surface area contributed by atoms with Crippen LogP contribution in [0, 0.1) is 0 Å². The van der Waals surface area contributed by atoms with Crippen molar-refractivity contribution in [2.24, 2.45) is 0 Å². The van der Waals surface area contributed by atoms with Crippen LogP contribution in [-0.2, 0) is 12.7 Å². The normalized spacial score (nSPS) is 15.5. The summed E-state index contributed by atoms with van der Waals surface area (Å²) in [6.07, 6.45) is -0.565. The maximum Gasteiger partial charge on any atom is 0.416 e. The second-order valence-corrected chi connectivity index (χ2v) is 7.26. The number of anilines is 1. The van der Waals surface area contributed by atoms with Gasteiger partial charge in [0.1, 0.15) is 0 Å². The third-order valence-corrected chi connectivity index (χ3v) is 5.22. The van der Waals surface area contributed by atoms with Crippen LogP contribution in [0.2, 0.25) is 0 Å². The van der Waals surface area contributed by atoms with E-state index in [0.29, 0.717) is 18.8 Å². The summed E-state index contributed by atoms with van der Waals surface area (Å²) >= 11 is 0. The Kier molecular flexibility index (Phi) is 5.53. The minimum Gasteiger partial charge on any atom is -0.369 e. The first kappa shape index (κ1) is 19.5. The molecule has 0 unspecified atom stereocenters. The topological polar surface area (TPSA) is 19.4 Å². The highest BCUT2D eigenvalue weighted by Crippen LogP contribution is 2.32. The SMILES string of the molecule is FC(F)(F)c1cccc(N2CCN(Cc3cncc(-c4ccccc4)c3)CC2)c1. The fraction of sp³-hybridized carbons (Fsp3) is 0.261. The maximum absolute atomic E-state index is 13.0. The van der Waals surface area contributed by atoms with Crippen molar-refractivity contribution in [2.45, 2.75) is 12.7 Å². The fourth-order valence-electron chi connectivity index (χ4n) is 3.66. The highest BCUT2D eigenvalue weighted by atomic mass is 19.4. The number of benzene rings is 2. The summed E-state index contributed by atoms with van der Waals surface area (Å²) in [4.78, 5) is 8.71. The van der Waals surface area contributed by atoms with Crippen LogP contribution in [0.5, 0.6) is 0 Å². The molecule has 1 saturated heterocycles. The summed E-state index contributed by atoms with van der Waals surface area (Å²) in [5, 5.41) is 0. The Hall–Kier alpha value is -2.86. The second kappa shape index (κ2) is 8.25. The predicted octanol–water partition coefficient (Wildman–Crippen LogP) is 5.09. The summed E-state index contributed by atoms with van der Waals surface area (Å²) in [5.74, 6) is 0. The van der Waals surface area contributed by atoms with Crippen LogP contribution in [0.1, 0.15) is 11.1 Å². The van der Waals surface area contributed by atoms with Crippen molar-refractivity contribution in [1.82, 2.24) is 9.88 Å². The van der Waals surface area contributed by atoms with Gasteiger partial charge < -0.3 is 4.90 Å². The van der Waals surface area contributed by atoms with Crippen molar-refractivity contribution in [3.8, 4) is 11.1 Å². The van der Waals surface area contributed by atoms with Gasteiger partial charge >= 0.3 is 6.18 Å². The zero-order valence-corrected chi connectivity index (χ0v) is 15.9. The van der Waals surface area contributed by atoms with Crippen LogP contribution in [0.4, 0.5) is 18.9 Å². The second-order valence-electron chi connectivity index (χ2n) is 7.26. The molecule has 2 aromatic carbocycles. The van der Waals surface area contributed by atoms with E-state index in [0.717, 1.165) is 42.4 Å². The van der Waals surface area contributed by atoms with E-state index in [1.807, 2.05) is 35.5 Å². The molecule has 2 heterocycles. The van der Waals surface area contributed by atoms with Crippen molar-refractivity contribution in [2.75, 3.05) is 31.1 Å². The lowest BCUT2D eigenvalue weighted by Crippen LogP contribution is -2.46. The van der Waals surface area contributed by atoms with Crippen LogP contribution >= 0.6 is 0 Å². The van der Waals surface area contributed by atoms with E-state index in [1.54, 1.807) is 6.07 Å². The number of nitrogens with zero attached hydrogens (tertiary/aromatic N) is 3. The number of piperazine rings is 1. The molecule has 150 valence electrons. The summed E-state index contributed by atoms with van der Waals surface area (Å²) in [7, 11) is 0. The van der Waals surface area contributed by atoms with E-state index in [2.05, 4.69) is 28.1 Å². The quantitative estimate of drug-likeness (QED) is 0.611. The van der Waals surface area contributed by atoms with Crippen molar-refractivity contribution < 1.29 is 13.2 Å². The molecule has 0 aliphatic carbocycles. The van der Waals surface area contributed by atoms with Gasteiger partial charge in [0.05, 0.1) is 5.56 Å². The van der Waals surface area contributed by atoms with Crippen LogP contribution in [0.15, 0.2) is 73.1 Å². The van der Waals surface area contributed by atoms with Gasteiger partial charge in [0.25, 0.3) is 0 Å². The van der Waals surface area contributed by atoms with Gasteiger partial charge in [-0.3, -0.25) is 9.88 Å². The lowest BCUT2D eigenvalue weighted by atomic mass is 10.1. The van der Waals surface area contributed by atoms with Gasteiger partial charge in [-0.05, 0) is 35.4 Å². The largest absolute Gasteiger partial charge is 0.416 e. The molecule has 0 saturated carbocycles. The number of hydrogen-bond acceptors (Lipinski definition) is 3. The van der Waals surface area contributed by atoms with Gasteiger partial charge in [0.15, 0.2) is 0 Å².